The SMILES string of the molecule is O=C(CCS(=O)(=O)C1CCCC1)NCc1ccoc1. The number of nitrogens with one attached hydrogen (secondary N) is 1. The van der Waals surface area contributed by atoms with Crippen LogP contribution in [0.1, 0.15) is 37.7 Å². The van der Waals surface area contributed by atoms with E-state index < -0.39 is 9.84 Å². The zero-order valence-electron chi connectivity index (χ0n) is 10.8. The molecule has 0 spiro atoms. The average Bonchev–Trinajstić information content (AvgIpc) is 3.06. The summed E-state index contributed by atoms with van der Waals surface area (Å²) in [5.41, 5.74) is 0.868. The topological polar surface area (TPSA) is 76.4 Å². The van der Waals surface area contributed by atoms with Crippen LogP contribution in [0.4, 0.5) is 0 Å². The Hall–Kier alpha value is -1.30. The maximum Gasteiger partial charge on any atom is 0.221 e. The molecule has 0 atom stereocenters. The zero-order valence-corrected chi connectivity index (χ0v) is 11.6. The van der Waals surface area contributed by atoms with Crippen molar-refractivity contribution in [3.63, 3.8) is 0 Å². The quantitative estimate of drug-likeness (QED) is 0.862. The van der Waals surface area contributed by atoms with E-state index in [-0.39, 0.29) is 23.3 Å². The van der Waals surface area contributed by atoms with Crippen LogP contribution in [0.3, 0.4) is 0 Å². The molecule has 1 aliphatic carbocycles. The van der Waals surface area contributed by atoms with E-state index in [1.807, 2.05) is 0 Å². The molecule has 0 aromatic carbocycles. The minimum Gasteiger partial charge on any atom is -0.472 e. The van der Waals surface area contributed by atoms with Crippen LogP contribution in [0.2, 0.25) is 0 Å². The molecule has 1 aromatic heterocycles. The van der Waals surface area contributed by atoms with Gasteiger partial charge in [-0.15, -0.1) is 0 Å². The summed E-state index contributed by atoms with van der Waals surface area (Å²) in [6, 6.07) is 1.76. The van der Waals surface area contributed by atoms with Crippen molar-refractivity contribution in [1.82, 2.24) is 5.32 Å². The molecule has 5 nitrogen and oxygen atoms in total. The molecule has 6 heteroatoms. The van der Waals surface area contributed by atoms with Crippen LogP contribution in [0.5, 0.6) is 0 Å². The van der Waals surface area contributed by atoms with E-state index in [2.05, 4.69) is 5.32 Å². The van der Waals surface area contributed by atoms with E-state index in [9.17, 15) is 13.2 Å². The van der Waals surface area contributed by atoms with E-state index in [1.54, 1.807) is 12.3 Å². The van der Waals surface area contributed by atoms with Crippen LogP contribution in [0.25, 0.3) is 0 Å². The Morgan fingerprint density at radius 2 is 2.11 bits per heavy atom. The van der Waals surface area contributed by atoms with Crippen molar-refractivity contribution in [3.8, 4) is 0 Å². The molecule has 1 aliphatic rings. The van der Waals surface area contributed by atoms with Crippen LogP contribution >= 0.6 is 0 Å². The Morgan fingerprint density at radius 1 is 1.37 bits per heavy atom. The summed E-state index contributed by atoms with van der Waals surface area (Å²) in [5.74, 6) is -0.280. The Kier molecular flexibility index (Phi) is 4.63. The average molecular weight is 285 g/mol. The lowest BCUT2D eigenvalue weighted by molar-refractivity contribution is -0.120. The van der Waals surface area contributed by atoms with Gasteiger partial charge in [0.2, 0.25) is 5.91 Å². The standard InChI is InChI=1S/C13H19NO4S/c15-13(14-9-11-5-7-18-10-11)6-8-19(16,17)12-3-1-2-4-12/h5,7,10,12H,1-4,6,8-9H2,(H,14,15). The molecule has 2 rings (SSSR count). The third-order valence-electron chi connectivity index (χ3n) is 3.49. The Balaban J connectivity index is 1.73. The fraction of sp³-hybridized carbons (Fsp3) is 0.615. The van der Waals surface area contributed by atoms with Gasteiger partial charge in [-0.1, -0.05) is 12.8 Å². The van der Waals surface area contributed by atoms with Crippen molar-refractivity contribution in [2.45, 2.75) is 43.9 Å². The van der Waals surface area contributed by atoms with Gasteiger partial charge >= 0.3 is 0 Å². The van der Waals surface area contributed by atoms with Crippen LogP contribution < -0.4 is 5.32 Å². The molecule has 1 aromatic rings. The van der Waals surface area contributed by atoms with E-state index in [4.69, 9.17) is 4.42 Å². The minimum absolute atomic E-state index is 0.0384. The second-order valence-electron chi connectivity index (χ2n) is 4.93. The van der Waals surface area contributed by atoms with E-state index in [0.717, 1.165) is 31.2 Å². The Labute approximate surface area is 113 Å². The minimum atomic E-state index is -3.11. The van der Waals surface area contributed by atoms with Gasteiger partial charge in [-0.05, 0) is 18.9 Å². The van der Waals surface area contributed by atoms with Gasteiger partial charge in [0.25, 0.3) is 0 Å². The third-order valence-corrected chi connectivity index (χ3v) is 5.75. The van der Waals surface area contributed by atoms with Gasteiger partial charge in [0.15, 0.2) is 9.84 Å². The monoisotopic (exact) mass is 285 g/mol. The van der Waals surface area contributed by atoms with Gasteiger partial charge in [0, 0.05) is 18.5 Å². The molecule has 0 radical (unpaired) electrons. The third kappa shape index (κ3) is 4.09. The van der Waals surface area contributed by atoms with Gasteiger partial charge in [-0.2, -0.15) is 0 Å². The molecule has 19 heavy (non-hydrogen) atoms. The summed E-state index contributed by atoms with van der Waals surface area (Å²) >= 11 is 0. The van der Waals surface area contributed by atoms with Crippen molar-refractivity contribution in [2.75, 3.05) is 5.75 Å². The molecule has 1 amide bonds. The molecule has 1 N–H and O–H groups in total. The predicted molar refractivity (Wildman–Crippen MR) is 71.2 cm³/mol. The van der Waals surface area contributed by atoms with Gasteiger partial charge in [0.1, 0.15) is 0 Å². The first-order valence-corrected chi connectivity index (χ1v) is 8.29. The molecule has 0 bridgehead atoms. The number of amides is 1. The number of sulfone groups is 1. The second kappa shape index (κ2) is 6.23. The van der Waals surface area contributed by atoms with E-state index in [0.29, 0.717) is 6.54 Å². The normalized spacial score (nSPS) is 16.6. The van der Waals surface area contributed by atoms with E-state index >= 15 is 0 Å². The fourth-order valence-electron chi connectivity index (χ4n) is 2.33. The number of hydrogen-bond donors (Lipinski definition) is 1. The summed E-state index contributed by atoms with van der Waals surface area (Å²) in [6.45, 7) is 0.374. The highest BCUT2D eigenvalue weighted by Gasteiger charge is 2.28. The van der Waals surface area contributed by atoms with Crippen LogP contribution in [0, 0.1) is 0 Å². The van der Waals surface area contributed by atoms with Gasteiger partial charge in [-0.25, -0.2) is 8.42 Å². The summed E-state index contributed by atoms with van der Waals surface area (Å²) < 4.78 is 28.8. The molecule has 1 heterocycles. The summed E-state index contributed by atoms with van der Waals surface area (Å²) in [6.07, 6.45) is 6.59. The van der Waals surface area contributed by atoms with Crippen LogP contribution in [0.15, 0.2) is 23.0 Å². The number of carbonyl (C=O) groups excluding carboxylic acids is 1. The molecule has 0 saturated heterocycles. The second-order valence-corrected chi connectivity index (χ2v) is 7.33. The molecule has 106 valence electrons. The molecule has 1 saturated carbocycles. The van der Waals surface area contributed by atoms with Crippen molar-refractivity contribution >= 4 is 15.7 Å². The number of rotatable bonds is 6. The summed E-state index contributed by atoms with van der Waals surface area (Å²) in [4.78, 5) is 11.6. The molecule has 0 aliphatic heterocycles. The molecular formula is C13H19NO4S. The van der Waals surface area contributed by atoms with Crippen LogP contribution in [-0.2, 0) is 21.2 Å². The van der Waals surface area contributed by atoms with Gasteiger partial charge in [-0.3, -0.25) is 4.79 Å². The lowest BCUT2D eigenvalue weighted by Gasteiger charge is -2.10. The zero-order chi connectivity index (χ0) is 13.7. The smallest absolute Gasteiger partial charge is 0.221 e. The van der Waals surface area contributed by atoms with Gasteiger partial charge in [0.05, 0.1) is 23.5 Å². The summed E-state index contributed by atoms with van der Waals surface area (Å²) in [5, 5.41) is 2.46. The Bertz CT molecular complexity index is 501. The van der Waals surface area contributed by atoms with Crippen molar-refractivity contribution in [3.05, 3.63) is 24.2 Å². The fourth-order valence-corrected chi connectivity index (χ4v) is 4.19. The van der Waals surface area contributed by atoms with Crippen LogP contribution in [-0.4, -0.2) is 25.3 Å². The largest absolute Gasteiger partial charge is 0.472 e. The lowest BCUT2D eigenvalue weighted by atomic mass is 10.3. The maximum absolute atomic E-state index is 12.0. The highest BCUT2D eigenvalue weighted by atomic mass is 32.2. The molecule has 1 fully saturated rings. The first-order valence-electron chi connectivity index (χ1n) is 6.57. The molecular weight excluding hydrogens is 266 g/mol. The van der Waals surface area contributed by atoms with Crippen molar-refractivity contribution in [1.29, 1.82) is 0 Å². The number of carbonyl (C=O) groups is 1. The van der Waals surface area contributed by atoms with Gasteiger partial charge < -0.3 is 9.73 Å². The summed E-state index contributed by atoms with van der Waals surface area (Å²) in [7, 11) is -3.11. The number of hydrogen-bond acceptors (Lipinski definition) is 4. The molecule has 0 unspecified atom stereocenters. The first-order chi connectivity index (χ1) is 9.08. The first kappa shape index (κ1) is 14.1. The van der Waals surface area contributed by atoms with Crippen molar-refractivity contribution < 1.29 is 17.6 Å². The lowest BCUT2D eigenvalue weighted by Crippen LogP contribution is -2.28. The highest BCUT2D eigenvalue weighted by Crippen LogP contribution is 2.25. The highest BCUT2D eigenvalue weighted by molar-refractivity contribution is 7.92. The van der Waals surface area contributed by atoms with Crippen molar-refractivity contribution in [2.24, 2.45) is 0 Å². The van der Waals surface area contributed by atoms with E-state index in [1.165, 1.54) is 6.26 Å². The maximum atomic E-state index is 12.0. The Morgan fingerprint density at radius 3 is 2.74 bits per heavy atom. The number of furan rings is 1. The predicted octanol–water partition coefficient (Wildman–Crippen LogP) is 1.64.